The quantitative estimate of drug-likeness (QED) is 0.477. The molecular weight excluding hydrogens is 239 g/mol. The summed E-state index contributed by atoms with van der Waals surface area (Å²) < 4.78 is 18.7. The van der Waals surface area contributed by atoms with Gasteiger partial charge in [0.25, 0.3) is 0 Å². The van der Waals surface area contributed by atoms with Crippen LogP contribution in [0.5, 0.6) is 0 Å². The van der Waals surface area contributed by atoms with Crippen LogP contribution in [-0.2, 0) is 0 Å². The Morgan fingerprint density at radius 2 is 1.32 bits per heavy atom. The van der Waals surface area contributed by atoms with Crippen LogP contribution in [0.4, 0.5) is 4.39 Å². The highest BCUT2D eigenvalue weighted by Crippen LogP contribution is 2.29. The van der Waals surface area contributed by atoms with E-state index >= 15 is 0 Å². The van der Waals surface area contributed by atoms with Gasteiger partial charge in [-0.2, -0.15) is 0 Å². The summed E-state index contributed by atoms with van der Waals surface area (Å²) in [5, 5.41) is 1.82. The number of furan rings is 1. The van der Waals surface area contributed by atoms with E-state index in [0.29, 0.717) is 0 Å². The molecule has 1 aromatic heterocycles. The van der Waals surface area contributed by atoms with Gasteiger partial charge in [0.05, 0.1) is 0 Å². The molecule has 0 aliphatic heterocycles. The first-order valence-electron chi connectivity index (χ1n) is 6.82. The van der Waals surface area contributed by atoms with Gasteiger partial charge in [0.2, 0.25) is 0 Å². The molecule has 0 radical (unpaired) electrons. The minimum absolute atomic E-state index is 0.230. The minimum Gasteiger partial charge on any atom is -0.456 e. The standard InChI is InChI=1S/C13H9FO.2C2H6/c1-8-2-4-12-10(6-8)11-7-9(14)3-5-13(11)15-12;2*1-2/h2-7H,1H3;2*1-2H3. The normalized spacial score (nSPS) is 9.58. The van der Waals surface area contributed by atoms with Crippen LogP contribution >= 0.6 is 0 Å². The van der Waals surface area contributed by atoms with Crippen molar-refractivity contribution in [3.63, 3.8) is 0 Å². The van der Waals surface area contributed by atoms with Crippen molar-refractivity contribution in [3.05, 3.63) is 47.8 Å². The second-order valence-electron chi connectivity index (χ2n) is 3.74. The molecule has 1 nitrogen and oxygen atoms in total. The largest absolute Gasteiger partial charge is 0.456 e. The molecule has 0 bridgehead atoms. The molecule has 19 heavy (non-hydrogen) atoms. The van der Waals surface area contributed by atoms with Crippen LogP contribution in [0, 0.1) is 12.7 Å². The number of hydrogen-bond acceptors (Lipinski definition) is 1. The summed E-state index contributed by atoms with van der Waals surface area (Å²) in [4.78, 5) is 0. The zero-order chi connectivity index (χ0) is 14.4. The van der Waals surface area contributed by atoms with Crippen LogP contribution in [0.15, 0.2) is 40.8 Å². The third-order valence-electron chi connectivity index (χ3n) is 2.59. The maximum Gasteiger partial charge on any atom is 0.135 e. The number of benzene rings is 2. The van der Waals surface area contributed by atoms with E-state index in [4.69, 9.17) is 4.42 Å². The van der Waals surface area contributed by atoms with Crippen LogP contribution in [0.1, 0.15) is 33.3 Å². The van der Waals surface area contributed by atoms with Gasteiger partial charge in [0.15, 0.2) is 0 Å². The Morgan fingerprint density at radius 3 is 1.95 bits per heavy atom. The van der Waals surface area contributed by atoms with Crippen molar-refractivity contribution < 1.29 is 8.81 Å². The van der Waals surface area contributed by atoms with Gasteiger partial charge in [0.1, 0.15) is 17.0 Å². The first-order chi connectivity index (χ1) is 9.24. The van der Waals surface area contributed by atoms with Crippen molar-refractivity contribution in [2.24, 2.45) is 0 Å². The fourth-order valence-corrected chi connectivity index (χ4v) is 1.86. The Morgan fingerprint density at radius 1 is 0.789 bits per heavy atom. The maximum absolute atomic E-state index is 13.1. The molecule has 0 unspecified atom stereocenters. The van der Waals surface area contributed by atoms with E-state index < -0.39 is 0 Å². The first kappa shape index (κ1) is 15.2. The molecule has 0 amide bonds. The molecule has 0 aliphatic carbocycles. The topological polar surface area (TPSA) is 13.1 Å². The summed E-state index contributed by atoms with van der Waals surface area (Å²) in [6.45, 7) is 10.0. The molecule has 0 aliphatic rings. The summed E-state index contributed by atoms with van der Waals surface area (Å²) in [6, 6.07) is 10.5. The molecule has 0 saturated heterocycles. The van der Waals surface area contributed by atoms with E-state index in [-0.39, 0.29) is 5.82 Å². The molecule has 3 rings (SSSR count). The molecule has 102 valence electrons. The number of fused-ring (bicyclic) bond motifs is 3. The van der Waals surface area contributed by atoms with Crippen molar-refractivity contribution in [2.45, 2.75) is 34.6 Å². The van der Waals surface area contributed by atoms with Crippen molar-refractivity contribution in [3.8, 4) is 0 Å². The SMILES string of the molecule is CC.CC.Cc1ccc2oc3ccc(F)cc3c2c1. The Kier molecular flexibility index (Phi) is 5.56. The van der Waals surface area contributed by atoms with Gasteiger partial charge in [-0.3, -0.25) is 0 Å². The lowest BCUT2D eigenvalue weighted by atomic mass is 10.1. The second kappa shape index (κ2) is 6.93. The van der Waals surface area contributed by atoms with Gasteiger partial charge in [-0.1, -0.05) is 39.3 Å². The Balaban J connectivity index is 0.000000415. The van der Waals surface area contributed by atoms with E-state index in [1.54, 1.807) is 6.07 Å². The van der Waals surface area contributed by atoms with E-state index in [1.165, 1.54) is 12.1 Å². The maximum atomic E-state index is 13.1. The predicted molar refractivity (Wildman–Crippen MR) is 81.1 cm³/mol. The van der Waals surface area contributed by atoms with Crippen LogP contribution in [0.25, 0.3) is 21.9 Å². The van der Waals surface area contributed by atoms with E-state index in [0.717, 1.165) is 27.5 Å². The highest BCUT2D eigenvalue weighted by atomic mass is 19.1. The second-order valence-corrected chi connectivity index (χ2v) is 3.74. The average Bonchev–Trinajstić information content (AvgIpc) is 2.81. The number of halogens is 1. The molecule has 0 atom stereocenters. The van der Waals surface area contributed by atoms with Crippen LogP contribution < -0.4 is 0 Å². The van der Waals surface area contributed by atoms with Crippen molar-refractivity contribution >= 4 is 21.9 Å². The van der Waals surface area contributed by atoms with E-state index in [2.05, 4.69) is 0 Å². The van der Waals surface area contributed by atoms with Crippen molar-refractivity contribution in [2.75, 3.05) is 0 Å². The minimum atomic E-state index is -0.230. The molecule has 2 aromatic carbocycles. The number of aryl methyl sites for hydroxylation is 1. The molecule has 0 spiro atoms. The van der Waals surface area contributed by atoms with Crippen LogP contribution in [-0.4, -0.2) is 0 Å². The predicted octanol–water partition coefficient (Wildman–Crippen LogP) is 6.09. The summed E-state index contributed by atoms with van der Waals surface area (Å²) >= 11 is 0. The Hall–Kier alpha value is -1.83. The molecule has 0 fully saturated rings. The first-order valence-corrected chi connectivity index (χ1v) is 6.82. The fraction of sp³-hybridized carbons (Fsp3) is 0.294. The monoisotopic (exact) mass is 260 g/mol. The highest BCUT2D eigenvalue weighted by molar-refractivity contribution is 6.04. The summed E-state index contributed by atoms with van der Waals surface area (Å²) in [5.74, 6) is -0.230. The molecule has 0 saturated carbocycles. The van der Waals surface area contributed by atoms with Crippen molar-refractivity contribution in [1.29, 1.82) is 0 Å². The third-order valence-corrected chi connectivity index (χ3v) is 2.59. The smallest absolute Gasteiger partial charge is 0.135 e. The summed E-state index contributed by atoms with van der Waals surface area (Å²) in [7, 11) is 0. The lowest BCUT2D eigenvalue weighted by molar-refractivity contribution is 0.626. The van der Waals surface area contributed by atoms with Gasteiger partial charge in [-0.25, -0.2) is 4.39 Å². The lowest BCUT2D eigenvalue weighted by Gasteiger charge is -1.91. The van der Waals surface area contributed by atoms with Gasteiger partial charge in [-0.05, 0) is 37.3 Å². The average molecular weight is 260 g/mol. The van der Waals surface area contributed by atoms with Crippen LogP contribution in [0.3, 0.4) is 0 Å². The Bertz CT molecular complexity index is 596. The number of rotatable bonds is 0. The summed E-state index contributed by atoms with van der Waals surface area (Å²) in [6.07, 6.45) is 0. The molecule has 1 heterocycles. The van der Waals surface area contributed by atoms with Gasteiger partial charge in [-0.15, -0.1) is 0 Å². The van der Waals surface area contributed by atoms with E-state index in [9.17, 15) is 4.39 Å². The zero-order valence-electron chi connectivity index (χ0n) is 12.3. The molecule has 2 heteroatoms. The molecular formula is C17H21FO. The fourth-order valence-electron chi connectivity index (χ4n) is 1.86. The van der Waals surface area contributed by atoms with Gasteiger partial charge < -0.3 is 4.42 Å². The third kappa shape index (κ3) is 3.14. The van der Waals surface area contributed by atoms with Crippen molar-refractivity contribution in [1.82, 2.24) is 0 Å². The molecule has 3 aromatic rings. The highest BCUT2D eigenvalue weighted by Gasteiger charge is 2.07. The molecule has 0 N–H and O–H groups in total. The lowest BCUT2D eigenvalue weighted by Crippen LogP contribution is -1.73. The van der Waals surface area contributed by atoms with E-state index in [1.807, 2.05) is 52.8 Å². The van der Waals surface area contributed by atoms with Gasteiger partial charge >= 0.3 is 0 Å². The Labute approximate surface area is 114 Å². The van der Waals surface area contributed by atoms with Gasteiger partial charge in [0, 0.05) is 10.8 Å². The number of hydrogen-bond donors (Lipinski definition) is 0. The zero-order valence-corrected chi connectivity index (χ0v) is 12.3. The van der Waals surface area contributed by atoms with Crippen LogP contribution in [0.2, 0.25) is 0 Å². The summed E-state index contributed by atoms with van der Waals surface area (Å²) in [5.41, 5.74) is 2.69.